The lowest BCUT2D eigenvalue weighted by Crippen LogP contribution is -2.35. The first-order valence-corrected chi connectivity index (χ1v) is 8.94. The van der Waals surface area contributed by atoms with Crippen LogP contribution in [0.4, 0.5) is 8.78 Å². The van der Waals surface area contributed by atoms with Crippen LogP contribution < -0.4 is 0 Å². The molecule has 0 saturated carbocycles. The number of nitrogens with zero attached hydrogens (tertiary/aromatic N) is 1. The van der Waals surface area contributed by atoms with Crippen LogP contribution in [0.5, 0.6) is 0 Å². The van der Waals surface area contributed by atoms with E-state index < -0.39 is 15.8 Å². The number of benzene rings is 2. The summed E-state index contributed by atoms with van der Waals surface area (Å²) in [7, 11) is -3.69. The number of aromatic nitrogens is 1. The van der Waals surface area contributed by atoms with Gasteiger partial charge in [0.1, 0.15) is 11.6 Å². The van der Waals surface area contributed by atoms with E-state index in [0.717, 1.165) is 34.3 Å². The van der Waals surface area contributed by atoms with Crippen LogP contribution in [0.15, 0.2) is 47.4 Å². The van der Waals surface area contributed by atoms with Crippen molar-refractivity contribution in [3.8, 4) is 0 Å². The minimum absolute atomic E-state index is 0.0644. The fourth-order valence-corrected chi connectivity index (χ4v) is 4.56. The maximum absolute atomic E-state index is 13.5. The van der Waals surface area contributed by atoms with Crippen LogP contribution in [0.1, 0.15) is 11.3 Å². The molecular formula is C17H14F2N2O2S. The molecule has 4 rings (SSSR count). The maximum atomic E-state index is 13.5. The highest BCUT2D eigenvalue weighted by Crippen LogP contribution is 2.30. The van der Waals surface area contributed by atoms with Gasteiger partial charge >= 0.3 is 0 Å². The molecule has 0 unspecified atom stereocenters. The maximum Gasteiger partial charge on any atom is 0.243 e. The highest BCUT2D eigenvalue weighted by molar-refractivity contribution is 7.89. The number of nitrogens with one attached hydrogen (secondary N) is 1. The number of H-pyrrole nitrogens is 1. The van der Waals surface area contributed by atoms with Crippen LogP contribution >= 0.6 is 0 Å². The number of sulfonamides is 1. The molecule has 0 spiro atoms. The average Bonchev–Trinajstić information content (AvgIpc) is 2.92. The second kappa shape index (κ2) is 5.39. The Labute approximate surface area is 137 Å². The molecule has 0 aliphatic carbocycles. The second-order valence-corrected chi connectivity index (χ2v) is 7.75. The van der Waals surface area contributed by atoms with Crippen LogP contribution in [0.2, 0.25) is 0 Å². The molecule has 24 heavy (non-hydrogen) atoms. The minimum atomic E-state index is -3.69. The van der Waals surface area contributed by atoms with Crippen molar-refractivity contribution in [3.63, 3.8) is 0 Å². The lowest BCUT2D eigenvalue weighted by molar-refractivity contribution is 0.388. The molecular weight excluding hydrogens is 334 g/mol. The van der Waals surface area contributed by atoms with Crippen molar-refractivity contribution in [1.82, 2.24) is 9.29 Å². The van der Waals surface area contributed by atoms with Crippen molar-refractivity contribution in [1.29, 1.82) is 0 Å². The Kier molecular flexibility index (Phi) is 3.43. The monoisotopic (exact) mass is 348 g/mol. The molecule has 1 aromatic heterocycles. The predicted octanol–water partition coefficient (Wildman–Crippen LogP) is 3.19. The van der Waals surface area contributed by atoms with Crippen LogP contribution in [0, 0.1) is 11.6 Å². The molecule has 1 N–H and O–H groups in total. The third kappa shape index (κ3) is 2.40. The Hall–Kier alpha value is -2.25. The molecule has 0 saturated heterocycles. The SMILES string of the molecule is O=S(=O)(c1ccc(F)cc1)N1CCc2c([nH]c3ccc(F)cc23)C1. The van der Waals surface area contributed by atoms with Gasteiger partial charge in [-0.05, 0) is 54.4 Å². The Morgan fingerprint density at radius 2 is 1.71 bits per heavy atom. The van der Waals surface area contributed by atoms with E-state index >= 15 is 0 Å². The van der Waals surface area contributed by atoms with Crippen molar-refractivity contribution in [2.75, 3.05) is 6.54 Å². The van der Waals surface area contributed by atoms with E-state index in [2.05, 4.69) is 4.98 Å². The van der Waals surface area contributed by atoms with Gasteiger partial charge in [-0.3, -0.25) is 0 Å². The van der Waals surface area contributed by atoms with E-state index in [-0.39, 0.29) is 17.3 Å². The van der Waals surface area contributed by atoms with Gasteiger partial charge < -0.3 is 4.98 Å². The third-order valence-corrected chi connectivity index (χ3v) is 6.21. The quantitative estimate of drug-likeness (QED) is 0.773. The molecule has 0 amide bonds. The topological polar surface area (TPSA) is 53.2 Å². The number of aromatic amines is 1. The summed E-state index contributed by atoms with van der Waals surface area (Å²) in [5.74, 6) is -0.793. The second-order valence-electron chi connectivity index (χ2n) is 5.81. The largest absolute Gasteiger partial charge is 0.357 e. The fraction of sp³-hybridized carbons (Fsp3) is 0.176. The van der Waals surface area contributed by atoms with Gasteiger partial charge in [0, 0.05) is 23.1 Å². The molecule has 3 aromatic rings. The molecule has 7 heteroatoms. The summed E-state index contributed by atoms with van der Waals surface area (Å²) in [6.45, 7) is 0.488. The van der Waals surface area contributed by atoms with E-state index in [4.69, 9.17) is 0 Å². The summed E-state index contributed by atoms with van der Waals surface area (Å²) in [5, 5.41) is 0.795. The zero-order chi connectivity index (χ0) is 16.9. The number of hydrogen-bond acceptors (Lipinski definition) is 2. The highest BCUT2D eigenvalue weighted by Gasteiger charge is 2.30. The molecule has 0 bridgehead atoms. The summed E-state index contributed by atoms with van der Waals surface area (Å²) in [6.07, 6.45) is 0.499. The Morgan fingerprint density at radius 1 is 1.00 bits per heavy atom. The van der Waals surface area contributed by atoms with Crippen molar-refractivity contribution in [2.24, 2.45) is 0 Å². The van der Waals surface area contributed by atoms with E-state index in [1.54, 1.807) is 6.07 Å². The van der Waals surface area contributed by atoms with E-state index in [0.29, 0.717) is 13.0 Å². The molecule has 0 fully saturated rings. The normalized spacial score (nSPS) is 15.6. The minimum Gasteiger partial charge on any atom is -0.357 e. The summed E-state index contributed by atoms with van der Waals surface area (Å²) in [5.41, 5.74) is 2.52. The Morgan fingerprint density at radius 3 is 2.46 bits per heavy atom. The van der Waals surface area contributed by atoms with E-state index in [1.165, 1.54) is 28.6 Å². The molecule has 1 aliphatic heterocycles. The van der Waals surface area contributed by atoms with Crippen molar-refractivity contribution in [3.05, 3.63) is 65.4 Å². The lowest BCUT2D eigenvalue weighted by Gasteiger charge is -2.26. The summed E-state index contributed by atoms with van der Waals surface area (Å²) < 4.78 is 53.2. The molecule has 1 aliphatic rings. The van der Waals surface area contributed by atoms with Gasteiger partial charge in [0.05, 0.1) is 11.4 Å². The first-order chi connectivity index (χ1) is 11.4. The zero-order valence-electron chi connectivity index (χ0n) is 12.6. The number of hydrogen-bond donors (Lipinski definition) is 1. The molecule has 0 radical (unpaired) electrons. The van der Waals surface area contributed by atoms with Gasteiger partial charge in [-0.1, -0.05) is 0 Å². The molecule has 4 nitrogen and oxygen atoms in total. The van der Waals surface area contributed by atoms with Crippen LogP contribution in [-0.2, 0) is 23.0 Å². The van der Waals surface area contributed by atoms with E-state index in [1.807, 2.05) is 0 Å². The summed E-state index contributed by atoms with van der Waals surface area (Å²) >= 11 is 0. The smallest absolute Gasteiger partial charge is 0.243 e. The van der Waals surface area contributed by atoms with Crippen LogP contribution in [-0.4, -0.2) is 24.3 Å². The average molecular weight is 348 g/mol. The van der Waals surface area contributed by atoms with Gasteiger partial charge in [-0.25, -0.2) is 17.2 Å². The van der Waals surface area contributed by atoms with Crippen LogP contribution in [0.3, 0.4) is 0 Å². The highest BCUT2D eigenvalue weighted by atomic mass is 32.2. The van der Waals surface area contributed by atoms with Crippen LogP contribution in [0.25, 0.3) is 10.9 Å². The van der Waals surface area contributed by atoms with Gasteiger partial charge in [-0.15, -0.1) is 0 Å². The number of rotatable bonds is 2. The molecule has 2 aromatic carbocycles. The van der Waals surface area contributed by atoms with Crippen molar-refractivity contribution < 1.29 is 17.2 Å². The van der Waals surface area contributed by atoms with Crippen molar-refractivity contribution in [2.45, 2.75) is 17.9 Å². The predicted molar refractivity (Wildman–Crippen MR) is 86.0 cm³/mol. The molecule has 0 atom stereocenters. The van der Waals surface area contributed by atoms with Gasteiger partial charge in [0.2, 0.25) is 10.0 Å². The van der Waals surface area contributed by atoms with E-state index in [9.17, 15) is 17.2 Å². The third-order valence-electron chi connectivity index (χ3n) is 4.35. The molecule has 124 valence electrons. The van der Waals surface area contributed by atoms with Gasteiger partial charge in [0.25, 0.3) is 0 Å². The summed E-state index contributed by atoms with van der Waals surface area (Å²) in [4.78, 5) is 3.24. The van der Waals surface area contributed by atoms with Gasteiger partial charge in [-0.2, -0.15) is 4.31 Å². The Balaban J connectivity index is 1.71. The lowest BCUT2D eigenvalue weighted by atomic mass is 10.0. The standard InChI is InChI=1S/C17H14F2N2O2S/c18-11-1-4-13(5-2-11)24(22,23)21-8-7-14-15-9-12(19)3-6-16(15)20-17(14)10-21/h1-6,9,20H,7-8,10H2. The zero-order valence-corrected chi connectivity index (χ0v) is 13.4. The fourth-order valence-electron chi connectivity index (χ4n) is 3.15. The molecule has 2 heterocycles. The first-order valence-electron chi connectivity index (χ1n) is 7.50. The number of fused-ring (bicyclic) bond motifs is 3. The Bertz CT molecular complexity index is 1030. The first kappa shape index (κ1) is 15.3. The summed E-state index contributed by atoms with van der Waals surface area (Å²) in [6, 6.07) is 9.29. The van der Waals surface area contributed by atoms with Gasteiger partial charge in [0.15, 0.2) is 0 Å². The van der Waals surface area contributed by atoms with Crippen molar-refractivity contribution >= 4 is 20.9 Å². The number of halogens is 2.